The van der Waals surface area contributed by atoms with Crippen LogP contribution >= 0.6 is 11.8 Å². The van der Waals surface area contributed by atoms with E-state index in [0.717, 1.165) is 16.7 Å². The summed E-state index contributed by atoms with van der Waals surface area (Å²) in [5.41, 5.74) is 6.81. The van der Waals surface area contributed by atoms with Gasteiger partial charge in [0.1, 0.15) is 35.1 Å². The summed E-state index contributed by atoms with van der Waals surface area (Å²) in [7, 11) is 0. The number of carboxylic acids is 1. The first-order valence-corrected chi connectivity index (χ1v) is 22.1. The van der Waals surface area contributed by atoms with Gasteiger partial charge in [-0.15, -0.1) is 11.8 Å². The third kappa shape index (κ3) is 16.5. The van der Waals surface area contributed by atoms with Crippen LogP contribution in [0.2, 0.25) is 0 Å². The second-order valence-electron chi connectivity index (χ2n) is 17.0. The lowest BCUT2D eigenvalue weighted by molar-refractivity contribution is -0.139. The number of ether oxygens (including phenoxy) is 3. The number of carboxylic acid groups (broad SMARTS) is 1. The van der Waals surface area contributed by atoms with Gasteiger partial charge in [0.2, 0.25) is 17.7 Å². The van der Waals surface area contributed by atoms with E-state index in [0.29, 0.717) is 5.56 Å². The molecule has 4 aromatic rings. The normalized spacial score (nSPS) is 12.8. The van der Waals surface area contributed by atoms with Crippen molar-refractivity contribution in [2.75, 3.05) is 18.8 Å². The summed E-state index contributed by atoms with van der Waals surface area (Å²) < 4.78 is 15.1. The molecule has 0 spiro atoms. The van der Waals surface area contributed by atoms with Crippen molar-refractivity contribution >= 4 is 53.7 Å². The molecule has 6 amide bonds. The highest BCUT2D eigenvalue weighted by atomic mass is 32.2. The fraction of sp³-hybridized carbons (Fsp3) is 0.354. The van der Waals surface area contributed by atoms with E-state index in [9.17, 15) is 38.7 Å². The Balaban J connectivity index is 1.52. The molecule has 0 aliphatic rings. The molecule has 0 aliphatic carbocycles. The SMILES string of the molecule is CC(C)(C)OC(=O)NC(Cc1ccc(OC(=O)NCCC(NC(=O)OC(C)(C)C)C(=O)NC(CSC(c2ccccc2)(c2ccccc2)c2ccccc2)C(=O)NCC(N)=O)cc1)C(=O)O. The van der Waals surface area contributed by atoms with E-state index in [1.54, 1.807) is 41.5 Å². The Morgan fingerprint density at radius 1 is 0.591 bits per heavy atom. The van der Waals surface area contributed by atoms with Crippen molar-refractivity contribution in [3.05, 3.63) is 138 Å². The van der Waals surface area contributed by atoms with Crippen molar-refractivity contribution in [3.8, 4) is 5.75 Å². The van der Waals surface area contributed by atoms with Gasteiger partial charge in [0.05, 0.1) is 11.3 Å². The first kappa shape index (κ1) is 51.6. The Morgan fingerprint density at radius 2 is 1.06 bits per heavy atom. The molecule has 18 heteroatoms. The first-order chi connectivity index (χ1) is 31.1. The molecule has 0 fully saturated rings. The van der Waals surface area contributed by atoms with Gasteiger partial charge >= 0.3 is 24.2 Å². The molecule has 0 saturated heterocycles. The highest BCUT2D eigenvalue weighted by Gasteiger charge is 2.39. The summed E-state index contributed by atoms with van der Waals surface area (Å²) in [5, 5.41) is 22.3. The first-order valence-electron chi connectivity index (χ1n) is 21.1. The van der Waals surface area contributed by atoms with Crippen molar-refractivity contribution in [1.82, 2.24) is 26.6 Å². The van der Waals surface area contributed by atoms with Gasteiger partial charge in [0, 0.05) is 18.7 Å². The summed E-state index contributed by atoms with van der Waals surface area (Å²) in [6, 6.07) is 31.1. The van der Waals surface area contributed by atoms with Gasteiger partial charge in [-0.2, -0.15) is 0 Å². The second kappa shape index (κ2) is 23.7. The minimum absolute atomic E-state index is 0.0330. The average molecular weight is 927 g/mol. The number of alkyl carbamates (subject to hydrolysis) is 2. The van der Waals surface area contributed by atoms with Crippen LogP contribution in [0.5, 0.6) is 5.75 Å². The zero-order valence-electron chi connectivity index (χ0n) is 37.8. The Kier molecular flexibility index (Phi) is 18.5. The maximum Gasteiger partial charge on any atom is 0.412 e. The number of thioether (sulfide) groups is 1. The number of hydrogen-bond acceptors (Lipinski definition) is 11. The number of primary amides is 1. The van der Waals surface area contributed by atoms with Crippen molar-refractivity contribution in [1.29, 1.82) is 0 Å². The van der Waals surface area contributed by atoms with Gasteiger partial charge in [0.25, 0.3) is 0 Å². The van der Waals surface area contributed by atoms with Crippen LogP contribution < -0.4 is 37.1 Å². The van der Waals surface area contributed by atoms with Gasteiger partial charge in [-0.1, -0.05) is 103 Å². The van der Waals surface area contributed by atoms with Crippen LogP contribution in [0, 0.1) is 0 Å². The smallest absolute Gasteiger partial charge is 0.412 e. The zero-order valence-corrected chi connectivity index (χ0v) is 38.6. The molecule has 8 N–H and O–H groups in total. The molecule has 0 saturated carbocycles. The number of carbonyl (C=O) groups is 7. The van der Waals surface area contributed by atoms with Crippen LogP contribution in [0.4, 0.5) is 14.4 Å². The lowest BCUT2D eigenvalue weighted by Crippen LogP contribution is -2.56. The van der Waals surface area contributed by atoms with E-state index in [-0.39, 0.29) is 30.9 Å². The number of aliphatic carboxylic acids is 1. The van der Waals surface area contributed by atoms with Crippen molar-refractivity contribution in [2.45, 2.75) is 88.5 Å². The number of benzene rings is 4. The molecule has 0 aromatic heterocycles. The Labute approximate surface area is 388 Å². The number of nitrogens with one attached hydrogen (secondary N) is 5. The molecule has 3 unspecified atom stereocenters. The van der Waals surface area contributed by atoms with Gasteiger partial charge in [0.15, 0.2) is 0 Å². The zero-order chi connectivity index (χ0) is 48.5. The highest BCUT2D eigenvalue weighted by Crippen LogP contribution is 2.48. The number of carbonyl (C=O) groups excluding carboxylic acids is 6. The standard InChI is InChI=1S/C48H58N6O11S/c1-46(2,3)64-44(61)53-36(26-27-50-43(60)63-35-24-22-31(23-25-35)28-37(42(58)59)54-45(62)65-47(4,5)6)41(57)52-38(40(56)51-29-39(49)55)30-66-48(32-16-10-7-11-17-32,33-18-12-8-13-19-33)34-20-14-9-15-21-34/h7-25,36-38H,26-30H2,1-6H3,(H2,49,55)(H,50,60)(H,51,56)(H,52,57)(H,53,61)(H,54,62)(H,58,59). The Bertz CT molecular complexity index is 2170. The molecule has 66 heavy (non-hydrogen) atoms. The Morgan fingerprint density at radius 3 is 1.50 bits per heavy atom. The molecule has 352 valence electrons. The molecule has 0 bridgehead atoms. The lowest BCUT2D eigenvalue weighted by atomic mass is 9.84. The van der Waals surface area contributed by atoms with E-state index < -0.39 is 82.6 Å². The van der Waals surface area contributed by atoms with Crippen molar-refractivity contribution in [3.63, 3.8) is 0 Å². The van der Waals surface area contributed by atoms with Gasteiger partial charge in [-0.25, -0.2) is 19.2 Å². The fourth-order valence-electron chi connectivity index (χ4n) is 6.49. The third-order valence-corrected chi connectivity index (χ3v) is 11.0. The predicted molar refractivity (Wildman–Crippen MR) is 249 cm³/mol. The van der Waals surface area contributed by atoms with Crippen LogP contribution in [-0.2, 0) is 39.8 Å². The van der Waals surface area contributed by atoms with Crippen molar-refractivity contribution < 1.29 is 52.9 Å². The number of amides is 6. The van der Waals surface area contributed by atoms with Crippen LogP contribution in [0.25, 0.3) is 0 Å². The predicted octanol–water partition coefficient (Wildman–Crippen LogP) is 5.39. The van der Waals surface area contributed by atoms with E-state index in [2.05, 4.69) is 26.6 Å². The van der Waals surface area contributed by atoms with Crippen LogP contribution in [-0.4, -0.2) is 95.2 Å². The molecule has 0 heterocycles. The largest absolute Gasteiger partial charge is 0.480 e. The molecule has 0 aliphatic heterocycles. The van der Waals surface area contributed by atoms with E-state index >= 15 is 0 Å². The third-order valence-electron chi connectivity index (χ3n) is 9.35. The van der Waals surface area contributed by atoms with E-state index in [1.165, 1.54) is 36.0 Å². The molecular formula is C48H58N6O11S. The number of hydrogen-bond donors (Lipinski definition) is 7. The summed E-state index contributed by atoms with van der Waals surface area (Å²) in [6.07, 6.45) is -3.00. The molecule has 17 nitrogen and oxygen atoms in total. The Hall–Kier alpha value is -7.08. The molecule has 0 radical (unpaired) electrons. The minimum Gasteiger partial charge on any atom is -0.480 e. The van der Waals surface area contributed by atoms with E-state index in [4.69, 9.17) is 19.9 Å². The summed E-state index contributed by atoms with van der Waals surface area (Å²) in [5.74, 6) is -3.51. The molecule has 4 aromatic carbocycles. The van der Waals surface area contributed by atoms with Gasteiger partial charge in [-0.3, -0.25) is 14.4 Å². The summed E-state index contributed by atoms with van der Waals surface area (Å²) in [6.45, 7) is 9.19. The maximum atomic E-state index is 14.2. The van der Waals surface area contributed by atoms with Crippen LogP contribution in [0.15, 0.2) is 115 Å². The monoisotopic (exact) mass is 926 g/mol. The lowest BCUT2D eigenvalue weighted by Gasteiger charge is -2.36. The minimum atomic E-state index is -1.35. The quantitative estimate of drug-likeness (QED) is 0.0551. The summed E-state index contributed by atoms with van der Waals surface area (Å²) >= 11 is 1.38. The number of nitrogens with two attached hydrogens (primary N) is 1. The molecular weight excluding hydrogens is 869 g/mol. The fourth-order valence-corrected chi connectivity index (χ4v) is 8.05. The maximum absolute atomic E-state index is 14.2. The van der Waals surface area contributed by atoms with Gasteiger partial charge < -0.3 is 51.6 Å². The second-order valence-corrected chi connectivity index (χ2v) is 18.3. The van der Waals surface area contributed by atoms with Crippen LogP contribution in [0.3, 0.4) is 0 Å². The van der Waals surface area contributed by atoms with Gasteiger partial charge in [-0.05, 0) is 82.3 Å². The topological polar surface area (TPSA) is 254 Å². The van der Waals surface area contributed by atoms with Crippen LogP contribution in [0.1, 0.15) is 70.2 Å². The molecule has 3 atom stereocenters. The molecule has 4 rings (SSSR count). The number of rotatable bonds is 20. The highest BCUT2D eigenvalue weighted by molar-refractivity contribution is 8.00. The summed E-state index contributed by atoms with van der Waals surface area (Å²) in [4.78, 5) is 89.8. The van der Waals surface area contributed by atoms with Crippen molar-refractivity contribution in [2.24, 2.45) is 5.73 Å². The average Bonchev–Trinajstić information content (AvgIpc) is 3.25. The van der Waals surface area contributed by atoms with E-state index in [1.807, 2.05) is 91.0 Å².